The molecule has 0 spiro atoms. The van der Waals surface area contributed by atoms with Gasteiger partial charge in [-0.15, -0.1) is 0 Å². The lowest BCUT2D eigenvalue weighted by Crippen LogP contribution is -2.36. The molecule has 128 heavy (non-hydrogen) atoms. The molecule has 1 aliphatic heterocycles. The molecule has 5 N–H and O–H groups in total. The van der Waals surface area contributed by atoms with Crippen LogP contribution >= 0.6 is 11.6 Å². The number of anilines is 6. The van der Waals surface area contributed by atoms with E-state index < -0.39 is 5.82 Å². The minimum absolute atomic E-state index is 0.0142. The second-order valence-electron chi connectivity index (χ2n) is 30.9. The van der Waals surface area contributed by atoms with Crippen LogP contribution < -0.4 is 31.5 Å². The highest BCUT2D eigenvalue weighted by Crippen LogP contribution is 2.31. The number of aromatic nitrogens is 20. The molecular formula is C94H88ClFN26O6. The monoisotopic (exact) mass is 1730 g/mol. The summed E-state index contributed by atoms with van der Waals surface area (Å²) in [7, 11) is 0. The average molecular weight is 1730 g/mol. The van der Waals surface area contributed by atoms with E-state index in [4.69, 9.17) is 16.3 Å². The summed E-state index contributed by atoms with van der Waals surface area (Å²) < 4.78 is 28.0. The molecule has 0 saturated carbocycles. The molecule has 32 nitrogen and oxygen atoms in total. The van der Waals surface area contributed by atoms with Crippen LogP contribution in [-0.2, 0) is 48.0 Å². The summed E-state index contributed by atoms with van der Waals surface area (Å²) in [5.74, 6) is 12.0. The molecule has 6 aromatic carbocycles. The van der Waals surface area contributed by atoms with E-state index >= 15 is 0 Å². The van der Waals surface area contributed by atoms with Crippen molar-refractivity contribution in [1.82, 2.24) is 97.6 Å². The fraction of sp³-hybridized carbons (Fsp3) is 0.191. The molecule has 10 aromatic heterocycles. The number of nitrogens with one attached hydrogen (secondary N) is 5. The molecule has 1 aliphatic rings. The lowest BCUT2D eigenvalue weighted by Gasteiger charge is -2.27. The van der Waals surface area contributed by atoms with Crippen molar-refractivity contribution in [2.75, 3.05) is 57.8 Å². The van der Waals surface area contributed by atoms with E-state index in [1.807, 2.05) is 98.0 Å². The minimum Gasteiger partial charge on any atom is -0.378 e. The Morgan fingerprint density at radius 3 is 1.34 bits per heavy atom. The Hall–Kier alpha value is -16.3. The topological polar surface area (TPSA) is 376 Å². The summed E-state index contributed by atoms with van der Waals surface area (Å²) in [5, 5.41) is 13.7. The van der Waals surface area contributed by atoms with Crippen LogP contribution in [0, 0.1) is 40.3 Å². The zero-order valence-corrected chi connectivity index (χ0v) is 72.2. The number of nitrogens with zero attached hydrogens (tertiary/aromatic N) is 21. The van der Waals surface area contributed by atoms with E-state index in [-0.39, 0.29) is 45.4 Å². The van der Waals surface area contributed by atoms with Gasteiger partial charge >= 0.3 is 0 Å². The number of aryl methyl sites for hydroxylation is 1. The number of carbonyl (C=O) groups is 5. The van der Waals surface area contributed by atoms with Crippen LogP contribution in [0.5, 0.6) is 0 Å². The summed E-state index contributed by atoms with van der Waals surface area (Å²) in [5.41, 5.74) is 15.7. The van der Waals surface area contributed by atoms with Gasteiger partial charge in [0.15, 0.2) is 11.6 Å². The Balaban J connectivity index is 0.000000137. The third-order valence-corrected chi connectivity index (χ3v) is 19.2. The van der Waals surface area contributed by atoms with Gasteiger partial charge in [-0.3, -0.25) is 56.8 Å². The van der Waals surface area contributed by atoms with Crippen LogP contribution in [0.4, 0.5) is 38.6 Å². The maximum Gasteiger partial charge on any atom is 0.300 e. The average Bonchev–Trinajstić information content (AvgIpc) is 1.67. The van der Waals surface area contributed by atoms with Gasteiger partial charge < -0.3 is 36.2 Å². The predicted octanol–water partition coefficient (Wildman–Crippen LogP) is 15.4. The Labute approximate surface area is 740 Å². The molecule has 1 saturated heterocycles. The van der Waals surface area contributed by atoms with E-state index in [1.54, 1.807) is 136 Å². The van der Waals surface area contributed by atoms with Gasteiger partial charge in [-0.25, -0.2) is 69.2 Å². The number of halogens is 2. The molecule has 0 bridgehead atoms. The van der Waals surface area contributed by atoms with Crippen LogP contribution in [0.2, 0.25) is 5.02 Å². The highest BCUT2D eigenvalue weighted by atomic mass is 35.5. The first kappa shape index (κ1) is 89.5. The van der Waals surface area contributed by atoms with E-state index in [2.05, 4.69) is 191 Å². The molecule has 16 aromatic rings. The summed E-state index contributed by atoms with van der Waals surface area (Å²) in [6.07, 6.45) is 26.3. The van der Waals surface area contributed by atoms with Crippen molar-refractivity contribution >= 4 is 131 Å². The van der Waals surface area contributed by atoms with Crippen molar-refractivity contribution in [2.45, 2.75) is 81.6 Å². The largest absolute Gasteiger partial charge is 0.378 e. The zero-order chi connectivity index (χ0) is 90.6. The van der Waals surface area contributed by atoms with E-state index in [0.717, 1.165) is 110 Å². The van der Waals surface area contributed by atoms with Crippen LogP contribution in [0.15, 0.2) is 241 Å². The third-order valence-electron chi connectivity index (χ3n) is 18.9. The van der Waals surface area contributed by atoms with Gasteiger partial charge in [0.25, 0.3) is 11.8 Å². The fourth-order valence-electron chi connectivity index (χ4n) is 13.1. The zero-order valence-electron chi connectivity index (χ0n) is 71.5. The van der Waals surface area contributed by atoms with Gasteiger partial charge in [0, 0.05) is 83.1 Å². The van der Waals surface area contributed by atoms with Gasteiger partial charge in [-0.2, -0.15) is 0 Å². The first-order valence-corrected chi connectivity index (χ1v) is 40.6. The maximum atomic E-state index is 13.4. The SMILES string of the molecule is C=CC(=O)Nc1ccc2c(c1)ncn2-c1nccc(CC(C)(C)C)n1.C=CC(=O)Nc1ccc2ncn(-c3cncc(-c4ccc(F)c(Cl)c4)n3)c2c1.C=CC(=O)Nc1ccc2ncn(-c3cncc(CC)n3)c2c1.CC#CC(=O)Nc1ccc2ncn(-c3cc(N4CCOCC4)ncn3)c2c1.CC#CC(=O)Nc1ccc2ncn(-c3nccc(CC(C)(C)C)n3)c2c1. The molecule has 11 heterocycles. The Morgan fingerprint density at radius 2 is 0.867 bits per heavy atom. The molecule has 17 rings (SSSR count). The number of ether oxygens (including phenoxy) is 1. The number of hydrogen-bond acceptors (Lipinski definition) is 22. The molecule has 0 aliphatic carbocycles. The number of imidazole rings is 5. The summed E-state index contributed by atoms with van der Waals surface area (Å²) in [6, 6.07) is 37.5. The number of carbonyl (C=O) groups excluding carboxylic acids is 5. The molecule has 34 heteroatoms. The van der Waals surface area contributed by atoms with E-state index in [9.17, 15) is 28.4 Å². The van der Waals surface area contributed by atoms with Crippen molar-refractivity contribution in [1.29, 1.82) is 0 Å². The summed E-state index contributed by atoms with van der Waals surface area (Å²) in [4.78, 5) is 126. The van der Waals surface area contributed by atoms with Crippen molar-refractivity contribution in [3.05, 3.63) is 268 Å². The van der Waals surface area contributed by atoms with Gasteiger partial charge in [-0.05, 0) is 195 Å². The van der Waals surface area contributed by atoms with Crippen molar-refractivity contribution < 1.29 is 33.1 Å². The second kappa shape index (κ2) is 40.8. The minimum atomic E-state index is -0.496. The Kier molecular flexibility index (Phi) is 28.5. The Bertz CT molecular complexity index is 6990. The smallest absolute Gasteiger partial charge is 0.300 e. The molecule has 0 unspecified atom stereocenters. The first-order chi connectivity index (χ1) is 61.7. The quantitative estimate of drug-likeness (QED) is 0.0393. The normalized spacial score (nSPS) is 11.6. The highest BCUT2D eigenvalue weighted by Gasteiger charge is 2.21. The highest BCUT2D eigenvalue weighted by molar-refractivity contribution is 6.31. The number of rotatable bonds is 18. The van der Waals surface area contributed by atoms with Gasteiger partial charge in [0.05, 0.1) is 103 Å². The van der Waals surface area contributed by atoms with Crippen LogP contribution in [0.25, 0.3) is 95.8 Å². The maximum absolute atomic E-state index is 13.4. The Morgan fingerprint density at radius 1 is 0.445 bits per heavy atom. The van der Waals surface area contributed by atoms with Crippen molar-refractivity contribution in [2.24, 2.45) is 10.8 Å². The molecule has 0 atom stereocenters. The lowest BCUT2D eigenvalue weighted by molar-refractivity contribution is -0.112. The summed E-state index contributed by atoms with van der Waals surface area (Å²) in [6.45, 7) is 31.7. The molecule has 5 amide bonds. The van der Waals surface area contributed by atoms with E-state index in [0.29, 0.717) is 82.3 Å². The van der Waals surface area contributed by atoms with Gasteiger partial charge in [0.1, 0.15) is 55.4 Å². The van der Waals surface area contributed by atoms with Crippen LogP contribution in [0.3, 0.4) is 0 Å². The lowest BCUT2D eigenvalue weighted by atomic mass is 9.90. The summed E-state index contributed by atoms with van der Waals surface area (Å²) >= 11 is 5.87. The van der Waals surface area contributed by atoms with E-state index in [1.165, 1.54) is 30.4 Å². The van der Waals surface area contributed by atoms with Gasteiger partial charge in [-0.1, -0.05) is 91.6 Å². The standard InChI is InChI=1S/C20H13ClFN5O.C20H21N5O.C19H18N6O2.C19H21N5O.C16H15N5O/c1-2-20(28)25-13-4-6-16-18(8-13)27(11-24-16)19-10-23-9-17(26-19)12-3-5-15(22)14(21)7-12;1-5-6-18(26)23-14-7-8-16-17(11-14)25(13-22-16)19-21-10-9-15(24-19)12-20(2,3)4;1-2-3-19(26)23-14-4-5-15-16(10-14)25(13-22-15)18-11-17(20-12-21-18)24-6-8-27-9-7-24;1-5-17(25)22-13-6-7-16-15(10-13)21-12-24(16)18-20-9-8-14(23-18)11-19(2,3)4;1-3-11-8-17-9-15(19-11)21-10-18-13-6-5-12(7-14(13)21)20-16(22)4-2/h2-11H,1H2,(H,25,28);7-11,13H,12H2,1-4H3,(H,23,26);4-5,10-13H,6-9H2,1H3,(H,23,26);5-10,12H,1,11H2,2-4H3,(H,22,25);4-10H,2-3H2,1H3,(H,20,22). The van der Waals surface area contributed by atoms with Crippen LogP contribution in [-0.4, -0.2) is 153 Å². The molecule has 644 valence electrons. The van der Waals surface area contributed by atoms with Crippen LogP contribution in [0.1, 0.15) is 79.4 Å². The number of morpholine rings is 1. The van der Waals surface area contributed by atoms with Crippen molar-refractivity contribution in [3.8, 4) is 64.3 Å². The predicted molar refractivity (Wildman–Crippen MR) is 493 cm³/mol. The fourth-order valence-corrected chi connectivity index (χ4v) is 13.3. The third kappa shape index (κ3) is 23.2. The number of hydrogen-bond donors (Lipinski definition) is 5. The molecular weight excluding hydrogens is 1640 g/mol. The number of benzene rings is 6. The first-order valence-electron chi connectivity index (χ1n) is 40.2. The van der Waals surface area contributed by atoms with Crippen molar-refractivity contribution in [3.63, 3.8) is 0 Å². The second-order valence-corrected chi connectivity index (χ2v) is 31.4. The molecule has 0 radical (unpaired) electrons. The number of amides is 5. The van der Waals surface area contributed by atoms with Gasteiger partial charge in [0.2, 0.25) is 29.6 Å². The number of fused-ring (bicyclic) bond motifs is 5. The molecule has 1 fully saturated rings.